The van der Waals surface area contributed by atoms with Crippen molar-refractivity contribution in [1.29, 1.82) is 0 Å². The highest BCUT2D eigenvalue weighted by molar-refractivity contribution is 7.99. The summed E-state index contributed by atoms with van der Waals surface area (Å²) in [6.45, 7) is 6.51. The first-order valence-electron chi connectivity index (χ1n) is 6.69. The predicted molar refractivity (Wildman–Crippen MR) is 73.4 cm³/mol. The van der Waals surface area contributed by atoms with Gasteiger partial charge in [-0.1, -0.05) is 13.8 Å². The van der Waals surface area contributed by atoms with E-state index >= 15 is 0 Å². The van der Waals surface area contributed by atoms with E-state index in [0.29, 0.717) is 5.92 Å². The van der Waals surface area contributed by atoms with E-state index in [-0.39, 0.29) is 29.8 Å². The van der Waals surface area contributed by atoms with Gasteiger partial charge in [-0.25, -0.2) is 0 Å². The highest BCUT2D eigenvalue weighted by Crippen LogP contribution is 2.26. The number of nitrogens with zero attached hydrogens (tertiary/aromatic N) is 1. The Balaban J connectivity index is 2.08. The van der Waals surface area contributed by atoms with Gasteiger partial charge in [0.1, 0.15) is 12.1 Å². The van der Waals surface area contributed by atoms with E-state index in [0.717, 1.165) is 18.7 Å². The molecule has 2 rings (SSSR count). The molecule has 0 aromatic carbocycles. The number of amides is 2. The lowest BCUT2D eigenvalue weighted by molar-refractivity contribution is -0.150. The number of piperazine rings is 1. The van der Waals surface area contributed by atoms with Crippen molar-refractivity contribution >= 4 is 23.6 Å². The van der Waals surface area contributed by atoms with Crippen molar-refractivity contribution in [2.75, 3.05) is 18.1 Å². The van der Waals surface area contributed by atoms with Gasteiger partial charge in [-0.05, 0) is 36.7 Å². The number of nitrogens with one attached hydrogen (secondary N) is 1. The SMILES string of the molecule is CC(C)C1NC(=O)C(C)N(CC2CCSC2)C1=O. The topological polar surface area (TPSA) is 49.4 Å². The fourth-order valence-corrected chi connectivity index (χ4v) is 3.82. The normalized spacial score (nSPS) is 33.1. The molecule has 2 saturated heterocycles. The Morgan fingerprint density at radius 3 is 2.72 bits per heavy atom. The molecule has 2 aliphatic heterocycles. The quantitative estimate of drug-likeness (QED) is 0.836. The van der Waals surface area contributed by atoms with Crippen molar-refractivity contribution in [3.05, 3.63) is 0 Å². The van der Waals surface area contributed by atoms with Crippen molar-refractivity contribution in [1.82, 2.24) is 10.2 Å². The van der Waals surface area contributed by atoms with Gasteiger partial charge in [0.05, 0.1) is 0 Å². The molecule has 0 bridgehead atoms. The molecule has 0 aliphatic carbocycles. The third-order valence-corrected chi connectivity index (χ3v) is 5.07. The maximum absolute atomic E-state index is 12.4. The zero-order valence-corrected chi connectivity index (χ0v) is 12.1. The fraction of sp³-hybridized carbons (Fsp3) is 0.846. The summed E-state index contributed by atoms with van der Waals surface area (Å²) in [6, 6.07) is -0.666. The van der Waals surface area contributed by atoms with Crippen LogP contribution in [0.5, 0.6) is 0 Å². The number of hydrogen-bond donors (Lipinski definition) is 1. The minimum atomic E-state index is -0.345. The summed E-state index contributed by atoms with van der Waals surface area (Å²) in [5.74, 6) is 3.08. The van der Waals surface area contributed by atoms with Crippen molar-refractivity contribution < 1.29 is 9.59 Å². The first kappa shape index (κ1) is 13.7. The average molecular weight is 270 g/mol. The first-order valence-corrected chi connectivity index (χ1v) is 7.84. The molecule has 0 saturated carbocycles. The Kier molecular flexibility index (Phi) is 4.20. The lowest BCUT2D eigenvalue weighted by Crippen LogP contribution is -2.64. The summed E-state index contributed by atoms with van der Waals surface area (Å²) in [7, 11) is 0. The van der Waals surface area contributed by atoms with Crippen LogP contribution >= 0.6 is 11.8 Å². The number of carbonyl (C=O) groups excluding carboxylic acids is 2. The Labute approximate surface area is 113 Å². The Morgan fingerprint density at radius 2 is 2.17 bits per heavy atom. The Morgan fingerprint density at radius 1 is 1.44 bits per heavy atom. The summed E-state index contributed by atoms with van der Waals surface area (Å²) in [5, 5.41) is 2.83. The van der Waals surface area contributed by atoms with Crippen LogP contribution < -0.4 is 5.32 Å². The van der Waals surface area contributed by atoms with Gasteiger partial charge in [-0.2, -0.15) is 11.8 Å². The third-order valence-electron chi connectivity index (χ3n) is 3.84. The van der Waals surface area contributed by atoms with Crippen LogP contribution in [0.2, 0.25) is 0 Å². The maximum Gasteiger partial charge on any atom is 0.246 e. The van der Waals surface area contributed by atoms with Gasteiger partial charge >= 0.3 is 0 Å². The molecule has 2 heterocycles. The predicted octanol–water partition coefficient (Wildman–Crippen LogP) is 1.11. The molecule has 3 unspecified atom stereocenters. The summed E-state index contributed by atoms with van der Waals surface area (Å²) in [4.78, 5) is 26.1. The zero-order valence-electron chi connectivity index (χ0n) is 11.3. The Hall–Kier alpha value is -0.710. The smallest absolute Gasteiger partial charge is 0.246 e. The monoisotopic (exact) mass is 270 g/mol. The molecule has 0 radical (unpaired) electrons. The largest absolute Gasteiger partial charge is 0.342 e. The summed E-state index contributed by atoms with van der Waals surface area (Å²) in [6.07, 6.45) is 1.16. The molecular formula is C13H22N2O2S. The molecule has 18 heavy (non-hydrogen) atoms. The van der Waals surface area contributed by atoms with Crippen LogP contribution in [-0.2, 0) is 9.59 Å². The standard InChI is InChI=1S/C13H22N2O2S/c1-8(2)11-13(17)15(9(3)12(16)14-11)6-10-4-5-18-7-10/h8-11H,4-7H2,1-3H3,(H,14,16). The van der Waals surface area contributed by atoms with E-state index in [1.807, 2.05) is 32.5 Å². The van der Waals surface area contributed by atoms with Gasteiger partial charge in [0.2, 0.25) is 11.8 Å². The van der Waals surface area contributed by atoms with Crippen molar-refractivity contribution in [3.8, 4) is 0 Å². The molecule has 2 amide bonds. The molecule has 0 aromatic rings. The van der Waals surface area contributed by atoms with E-state index in [9.17, 15) is 9.59 Å². The van der Waals surface area contributed by atoms with Gasteiger partial charge in [-0.3, -0.25) is 9.59 Å². The number of thioether (sulfide) groups is 1. The van der Waals surface area contributed by atoms with Crippen LogP contribution in [-0.4, -0.2) is 46.8 Å². The Bertz CT molecular complexity index is 340. The maximum atomic E-state index is 12.4. The molecule has 5 heteroatoms. The van der Waals surface area contributed by atoms with Crippen molar-refractivity contribution in [3.63, 3.8) is 0 Å². The molecule has 4 nitrogen and oxygen atoms in total. The van der Waals surface area contributed by atoms with Crippen molar-refractivity contribution in [2.45, 2.75) is 39.3 Å². The molecule has 2 fully saturated rings. The van der Waals surface area contributed by atoms with E-state index < -0.39 is 0 Å². The van der Waals surface area contributed by atoms with Crippen LogP contribution in [0.3, 0.4) is 0 Å². The molecular weight excluding hydrogens is 248 g/mol. The first-order chi connectivity index (χ1) is 8.50. The van der Waals surface area contributed by atoms with Gasteiger partial charge in [0, 0.05) is 6.54 Å². The van der Waals surface area contributed by atoms with Crippen LogP contribution in [0.1, 0.15) is 27.2 Å². The second kappa shape index (κ2) is 5.51. The van der Waals surface area contributed by atoms with Gasteiger partial charge < -0.3 is 10.2 Å². The van der Waals surface area contributed by atoms with E-state index in [1.165, 1.54) is 5.75 Å². The average Bonchev–Trinajstić information content (AvgIpc) is 2.81. The van der Waals surface area contributed by atoms with E-state index in [4.69, 9.17) is 0 Å². The number of carbonyl (C=O) groups is 2. The minimum absolute atomic E-state index is 0.0149. The molecule has 0 spiro atoms. The van der Waals surface area contributed by atoms with Crippen LogP contribution in [0, 0.1) is 11.8 Å². The fourth-order valence-electron chi connectivity index (χ4n) is 2.55. The lowest BCUT2D eigenvalue weighted by atomic mass is 9.97. The second-order valence-corrected chi connectivity index (χ2v) is 6.78. The molecule has 3 atom stereocenters. The number of hydrogen-bond acceptors (Lipinski definition) is 3. The van der Waals surface area contributed by atoms with Crippen LogP contribution in [0.25, 0.3) is 0 Å². The van der Waals surface area contributed by atoms with E-state index in [2.05, 4.69) is 5.32 Å². The summed E-state index contributed by atoms with van der Waals surface area (Å²) in [5.41, 5.74) is 0. The lowest BCUT2D eigenvalue weighted by Gasteiger charge is -2.39. The van der Waals surface area contributed by atoms with Crippen molar-refractivity contribution in [2.24, 2.45) is 11.8 Å². The molecule has 1 N–H and O–H groups in total. The van der Waals surface area contributed by atoms with E-state index in [1.54, 1.807) is 4.90 Å². The molecule has 2 aliphatic rings. The zero-order chi connectivity index (χ0) is 13.3. The third kappa shape index (κ3) is 2.66. The molecule has 0 aromatic heterocycles. The van der Waals surface area contributed by atoms with Crippen LogP contribution in [0.15, 0.2) is 0 Å². The van der Waals surface area contributed by atoms with Crippen LogP contribution in [0.4, 0.5) is 0 Å². The number of rotatable bonds is 3. The highest BCUT2D eigenvalue weighted by Gasteiger charge is 2.40. The minimum Gasteiger partial charge on any atom is -0.342 e. The van der Waals surface area contributed by atoms with Gasteiger partial charge in [0.15, 0.2) is 0 Å². The summed E-state index contributed by atoms with van der Waals surface area (Å²) < 4.78 is 0. The highest BCUT2D eigenvalue weighted by atomic mass is 32.2. The molecule has 102 valence electrons. The van der Waals surface area contributed by atoms with Gasteiger partial charge in [-0.15, -0.1) is 0 Å². The summed E-state index contributed by atoms with van der Waals surface area (Å²) >= 11 is 1.94. The second-order valence-electron chi connectivity index (χ2n) is 5.63. The van der Waals surface area contributed by atoms with Gasteiger partial charge in [0.25, 0.3) is 0 Å².